The second kappa shape index (κ2) is 6.20. The van der Waals surface area contributed by atoms with Gasteiger partial charge in [-0.2, -0.15) is 5.10 Å². The largest absolute Gasteiger partial charge is 0.498 e. The van der Waals surface area contributed by atoms with E-state index in [1.807, 2.05) is 17.9 Å². The first kappa shape index (κ1) is 17.0. The minimum Gasteiger partial charge on any atom is -0.399 e. The highest BCUT2D eigenvalue weighted by Crippen LogP contribution is 2.36. The van der Waals surface area contributed by atoms with E-state index < -0.39 is 7.12 Å². The summed E-state index contributed by atoms with van der Waals surface area (Å²) in [6.45, 7) is 9.43. The summed E-state index contributed by atoms with van der Waals surface area (Å²) in [5.74, 6) is 0. The maximum atomic E-state index is 6.13. The van der Waals surface area contributed by atoms with Crippen LogP contribution in [0.4, 0.5) is 0 Å². The number of aromatic nitrogens is 2. The summed E-state index contributed by atoms with van der Waals surface area (Å²) in [5.41, 5.74) is 1.18. The molecule has 1 unspecified atom stereocenters. The summed E-state index contributed by atoms with van der Waals surface area (Å²) in [4.78, 5) is 0. The van der Waals surface area contributed by atoms with E-state index in [4.69, 9.17) is 18.8 Å². The van der Waals surface area contributed by atoms with Gasteiger partial charge in [-0.1, -0.05) is 0 Å². The predicted molar refractivity (Wildman–Crippen MR) is 87.3 cm³/mol. The van der Waals surface area contributed by atoms with Gasteiger partial charge in [0, 0.05) is 25.3 Å². The lowest BCUT2D eigenvalue weighted by molar-refractivity contribution is -0.169. The summed E-state index contributed by atoms with van der Waals surface area (Å²) >= 11 is 0. The van der Waals surface area contributed by atoms with Crippen molar-refractivity contribution in [3.8, 4) is 0 Å². The Morgan fingerprint density at radius 3 is 2.57 bits per heavy atom. The van der Waals surface area contributed by atoms with E-state index in [-0.39, 0.29) is 17.5 Å². The normalized spacial score (nSPS) is 26.7. The molecule has 0 bridgehead atoms. The Labute approximate surface area is 138 Å². The summed E-state index contributed by atoms with van der Waals surface area (Å²) in [5, 5.41) is 4.36. The molecule has 23 heavy (non-hydrogen) atoms. The van der Waals surface area contributed by atoms with Crippen molar-refractivity contribution in [1.82, 2.24) is 9.78 Å². The zero-order valence-corrected chi connectivity index (χ0v) is 14.8. The third-order valence-electron chi connectivity index (χ3n) is 5.14. The molecule has 0 aromatic carbocycles. The first-order chi connectivity index (χ1) is 10.8. The number of ether oxygens (including phenoxy) is 2. The lowest BCUT2D eigenvalue weighted by Gasteiger charge is -2.32. The molecule has 128 valence electrons. The number of hydrogen-bond donors (Lipinski definition) is 0. The maximum Gasteiger partial charge on any atom is 0.498 e. The van der Waals surface area contributed by atoms with Crippen molar-refractivity contribution in [1.29, 1.82) is 0 Å². The molecule has 2 fully saturated rings. The Morgan fingerprint density at radius 2 is 1.96 bits per heavy atom. The quantitative estimate of drug-likeness (QED) is 0.791. The number of nitrogens with zero attached hydrogens (tertiary/aromatic N) is 2. The van der Waals surface area contributed by atoms with Crippen molar-refractivity contribution in [3.05, 3.63) is 11.9 Å². The van der Waals surface area contributed by atoms with E-state index in [2.05, 4.69) is 32.8 Å². The smallest absolute Gasteiger partial charge is 0.399 e. The molecule has 3 heterocycles. The first-order valence-corrected chi connectivity index (χ1v) is 8.40. The average molecular weight is 322 g/mol. The van der Waals surface area contributed by atoms with E-state index in [1.54, 1.807) is 0 Å². The Kier molecular flexibility index (Phi) is 4.57. The zero-order valence-electron chi connectivity index (χ0n) is 14.8. The van der Waals surface area contributed by atoms with E-state index in [1.165, 1.54) is 0 Å². The summed E-state index contributed by atoms with van der Waals surface area (Å²) in [7, 11) is 1.49. The Morgan fingerprint density at radius 1 is 1.26 bits per heavy atom. The molecule has 6 nitrogen and oxygen atoms in total. The summed E-state index contributed by atoms with van der Waals surface area (Å²) in [6.07, 6.45) is 4.90. The van der Waals surface area contributed by atoms with Crippen molar-refractivity contribution in [2.45, 2.75) is 71.1 Å². The maximum absolute atomic E-state index is 6.13. The molecule has 2 aliphatic rings. The molecule has 0 amide bonds. The zero-order chi connectivity index (χ0) is 16.7. The molecule has 0 N–H and O–H groups in total. The number of aryl methyl sites for hydroxylation is 1. The van der Waals surface area contributed by atoms with Gasteiger partial charge >= 0.3 is 7.12 Å². The van der Waals surface area contributed by atoms with Crippen molar-refractivity contribution in [3.63, 3.8) is 0 Å². The molecule has 1 aromatic heterocycles. The number of rotatable bonds is 4. The molecule has 1 aromatic rings. The highest BCUT2D eigenvalue weighted by atomic mass is 16.7. The van der Waals surface area contributed by atoms with Crippen LogP contribution in [0.1, 0.15) is 52.7 Å². The second-order valence-electron chi connectivity index (χ2n) is 7.37. The van der Waals surface area contributed by atoms with Gasteiger partial charge in [-0.25, -0.2) is 0 Å². The minimum absolute atomic E-state index is 0.121. The van der Waals surface area contributed by atoms with Crippen LogP contribution < -0.4 is 5.46 Å². The van der Waals surface area contributed by atoms with E-state index in [9.17, 15) is 0 Å². The predicted octanol–water partition coefficient (Wildman–Crippen LogP) is 1.76. The molecule has 0 radical (unpaired) electrons. The summed E-state index contributed by atoms with van der Waals surface area (Å²) in [6, 6.07) is 0. The fraction of sp³-hybridized carbons (Fsp3) is 0.812. The van der Waals surface area contributed by atoms with Gasteiger partial charge in [0.15, 0.2) is 6.29 Å². The molecule has 2 aliphatic heterocycles. The monoisotopic (exact) mass is 322 g/mol. The molecule has 2 saturated heterocycles. The van der Waals surface area contributed by atoms with Gasteiger partial charge < -0.3 is 18.8 Å². The topological polar surface area (TPSA) is 54.7 Å². The Hall–Kier alpha value is -0.885. The lowest BCUT2D eigenvalue weighted by atomic mass is 9.79. The van der Waals surface area contributed by atoms with Crippen LogP contribution in [0.3, 0.4) is 0 Å². The fourth-order valence-corrected chi connectivity index (χ4v) is 2.84. The molecule has 0 saturated carbocycles. The molecule has 0 spiro atoms. The van der Waals surface area contributed by atoms with Crippen molar-refractivity contribution < 1.29 is 18.8 Å². The van der Waals surface area contributed by atoms with Gasteiger partial charge in [0.1, 0.15) is 0 Å². The minimum atomic E-state index is -0.417. The molecule has 0 aliphatic carbocycles. The van der Waals surface area contributed by atoms with Crippen LogP contribution in [0, 0.1) is 0 Å². The highest BCUT2D eigenvalue weighted by Gasteiger charge is 2.52. The third kappa shape index (κ3) is 3.33. The van der Waals surface area contributed by atoms with Crippen molar-refractivity contribution >= 4 is 12.6 Å². The van der Waals surface area contributed by atoms with Crippen molar-refractivity contribution in [2.75, 3.05) is 6.61 Å². The number of hydrogen-bond acceptors (Lipinski definition) is 5. The SMILES string of the molecule is Cn1ncc(B2OC(C)(C)C(C)(C)O2)c1COC1CCCCO1. The van der Waals surface area contributed by atoms with Crippen LogP contribution >= 0.6 is 0 Å². The van der Waals surface area contributed by atoms with Crippen LogP contribution in [0.2, 0.25) is 0 Å². The molecule has 1 atom stereocenters. The van der Waals surface area contributed by atoms with Crippen LogP contribution in [0.25, 0.3) is 0 Å². The highest BCUT2D eigenvalue weighted by molar-refractivity contribution is 6.62. The lowest BCUT2D eigenvalue weighted by Crippen LogP contribution is -2.41. The Bertz CT molecular complexity index is 536. The van der Waals surface area contributed by atoms with Crippen molar-refractivity contribution in [2.24, 2.45) is 7.05 Å². The van der Waals surface area contributed by atoms with Gasteiger partial charge in [0.05, 0.1) is 23.5 Å². The van der Waals surface area contributed by atoms with Crippen LogP contribution in [0.5, 0.6) is 0 Å². The average Bonchev–Trinajstić information content (AvgIpc) is 2.95. The van der Waals surface area contributed by atoms with Gasteiger partial charge in [-0.15, -0.1) is 0 Å². The van der Waals surface area contributed by atoms with Crippen LogP contribution in [-0.4, -0.2) is 41.0 Å². The second-order valence-corrected chi connectivity index (χ2v) is 7.37. The van der Waals surface area contributed by atoms with E-state index in [0.717, 1.165) is 37.0 Å². The molecule has 3 rings (SSSR count). The van der Waals surface area contributed by atoms with E-state index >= 15 is 0 Å². The van der Waals surface area contributed by atoms with Gasteiger partial charge in [-0.3, -0.25) is 4.68 Å². The molecular formula is C16H27BN2O4. The third-order valence-corrected chi connectivity index (χ3v) is 5.14. The molecule has 7 heteroatoms. The first-order valence-electron chi connectivity index (χ1n) is 8.40. The van der Waals surface area contributed by atoms with Gasteiger partial charge in [-0.05, 0) is 47.0 Å². The Balaban J connectivity index is 1.72. The van der Waals surface area contributed by atoms with Gasteiger partial charge in [0.2, 0.25) is 0 Å². The van der Waals surface area contributed by atoms with Crippen LogP contribution in [-0.2, 0) is 32.4 Å². The van der Waals surface area contributed by atoms with Crippen LogP contribution in [0.15, 0.2) is 6.20 Å². The standard InChI is InChI=1S/C16H27BN2O4/c1-15(2)16(3,4)23-17(22-15)12-10-18-19(5)13(12)11-21-14-8-6-7-9-20-14/h10,14H,6-9,11H2,1-5H3. The van der Waals surface area contributed by atoms with E-state index in [0.29, 0.717) is 6.61 Å². The molecular weight excluding hydrogens is 295 g/mol. The fourth-order valence-electron chi connectivity index (χ4n) is 2.84. The summed E-state index contributed by atoms with van der Waals surface area (Å²) < 4.78 is 25.6. The van der Waals surface area contributed by atoms with Gasteiger partial charge in [0.25, 0.3) is 0 Å².